The van der Waals surface area contributed by atoms with Crippen molar-refractivity contribution in [2.24, 2.45) is 5.92 Å². The van der Waals surface area contributed by atoms with Gasteiger partial charge in [0.15, 0.2) is 0 Å². The maximum absolute atomic E-state index is 12.3. The van der Waals surface area contributed by atoms with Gasteiger partial charge in [-0.1, -0.05) is 0 Å². The van der Waals surface area contributed by atoms with Crippen LogP contribution in [0.2, 0.25) is 0 Å². The van der Waals surface area contributed by atoms with Crippen LogP contribution in [-0.4, -0.2) is 19.3 Å². The van der Waals surface area contributed by atoms with E-state index in [0.29, 0.717) is 13.1 Å². The van der Waals surface area contributed by atoms with Gasteiger partial charge in [0.25, 0.3) is 0 Å². The minimum Gasteiger partial charge on any atom is -0.312 e. The molecule has 9 heavy (non-hydrogen) atoms. The highest BCUT2D eigenvalue weighted by Crippen LogP contribution is 2.09. The van der Waals surface area contributed by atoms with Gasteiger partial charge in [0.2, 0.25) is 0 Å². The number of hydrogen-bond donors (Lipinski definition) is 1. The Hall–Kier alpha value is -0.330. The monoisotopic (exact) mass is 150 g/mol. The van der Waals surface area contributed by atoms with Gasteiger partial charge in [-0.2, -0.15) is 5.26 Å². The minimum atomic E-state index is -0.944. The summed E-state index contributed by atoms with van der Waals surface area (Å²) in [6.07, 6.45) is -0.944. The minimum absolute atomic E-state index is 0. The molecule has 2 nitrogen and oxygen atoms in total. The molecule has 0 aromatic rings. The highest BCUT2D eigenvalue weighted by Gasteiger charge is 2.25. The van der Waals surface area contributed by atoms with Crippen molar-refractivity contribution in [3.8, 4) is 6.07 Å². The summed E-state index contributed by atoms with van der Waals surface area (Å²) in [6, 6.07) is 1.88. The number of hydrogen-bond acceptors (Lipinski definition) is 2. The Labute approximate surface area is 59.5 Å². The van der Waals surface area contributed by atoms with Crippen LogP contribution in [0, 0.1) is 17.2 Å². The molecule has 0 aromatic carbocycles. The van der Waals surface area contributed by atoms with Crippen molar-refractivity contribution < 1.29 is 4.39 Å². The summed E-state index contributed by atoms with van der Waals surface area (Å²) in [5.74, 6) is -0.407. The lowest BCUT2D eigenvalue weighted by atomic mass is 10.1. The van der Waals surface area contributed by atoms with Crippen LogP contribution in [0.5, 0.6) is 0 Å². The van der Waals surface area contributed by atoms with E-state index in [9.17, 15) is 4.39 Å². The Bertz CT molecular complexity index is 123. The molecule has 52 valence electrons. The Balaban J connectivity index is 0.000000640. The summed E-state index contributed by atoms with van der Waals surface area (Å²) in [5, 5.41) is 11.0. The standard InChI is InChI=1S/C5H7FN2.ClH/c6-5-3-8-2-4(5)1-7;/h4-5,8H,2-3H2;1H/t4-,5+;/m0./s1. The van der Waals surface area contributed by atoms with Crippen LogP contribution in [0.25, 0.3) is 0 Å². The second-order valence-electron chi connectivity index (χ2n) is 1.91. The van der Waals surface area contributed by atoms with Gasteiger partial charge in [0.1, 0.15) is 6.17 Å². The molecule has 1 rings (SSSR count). The maximum Gasteiger partial charge on any atom is 0.129 e. The van der Waals surface area contributed by atoms with Crippen LogP contribution >= 0.6 is 12.4 Å². The first-order valence-corrected chi connectivity index (χ1v) is 2.59. The van der Waals surface area contributed by atoms with Crippen molar-refractivity contribution >= 4 is 12.4 Å². The molecule has 0 spiro atoms. The van der Waals surface area contributed by atoms with E-state index in [2.05, 4.69) is 5.32 Å². The predicted octanol–water partition coefficient (Wildman–Crippen LogP) is 0.489. The van der Waals surface area contributed by atoms with Crippen molar-refractivity contribution in [2.45, 2.75) is 6.17 Å². The summed E-state index contributed by atoms with van der Waals surface area (Å²) in [6.45, 7) is 0.857. The molecule has 1 saturated heterocycles. The van der Waals surface area contributed by atoms with Gasteiger partial charge in [0, 0.05) is 13.1 Å². The number of alkyl halides is 1. The van der Waals surface area contributed by atoms with E-state index in [1.807, 2.05) is 6.07 Å². The molecule has 0 amide bonds. The molecule has 0 aromatic heterocycles. The van der Waals surface area contributed by atoms with Gasteiger partial charge in [0.05, 0.1) is 12.0 Å². The topological polar surface area (TPSA) is 35.8 Å². The predicted molar refractivity (Wildman–Crippen MR) is 34.1 cm³/mol. The highest BCUT2D eigenvalue weighted by molar-refractivity contribution is 5.85. The zero-order valence-electron chi connectivity index (χ0n) is 4.80. The first-order chi connectivity index (χ1) is 3.84. The van der Waals surface area contributed by atoms with Crippen LogP contribution in [0.15, 0.2) is 0 Å². The fourth-order valence-electron chi connectivity index (χ4n) is 0.773. The van der Waals surface area contributed by atoms with E-state index >= 15 is 0 Å². The van der Waals surface area contributed by atoms with E-state index in [-0.39, 0.29) is 12.4 Å². The summed E-state index contributed by atoms with van der Waals surface area (Å²) >= 11 is 0. The zero-order chi connectivity index (χ0) is 5.98. The van der Waals surface area contributed by atoms with Crippen LogP contribution in [0.4, 0.5) is 4.39 Å². The SMILES string of the molecule is Cl.N#C[C@H]1CNC[C@H]1F. The van der Waals surface area contributed by atoms with Gasteiger partial charge in [-0.05, 0) is 0 Å². The largest absolute Gasteiger partial charge is 0.312 e. The van der Waals surface area contributed by atoms with Crippen LogP contribution < -0.4 is 5.32 Å². The molecule has 0 bridgehead atoms. The lowest BCUT2D eigenvalue weighted by Gasteiger charge is -1.96. The van der Waals surface area contributed by atoms with Crippen molar-refractivity contribution in [2.75, 3.05) is 13.1 Å². The average molecular weight is 151 g/mol. The van der Waals surface area contributed by atoms with E-state index in [0.717, 1.165) is 0 Å². The van der Waals surface area contributed by atoms with Crippen molar-refractivity contribution in [3.05, 3.63) is 0 Å². The average Bonchev–Trinajstić information content (AvgIpc) is 2.14. The quantitative estimate of drug-likeness (QED) is 0.546. The summed E-state index contributed by atoms with van der Waals surface area (Å²) in [5.41, 5.74) is 0. The number of halogens is 2. The zero-order valence-corrected chi connectivity index (χ0v) is 5.62. The van der Waals surface area contributed by atoms with Crippen molar-refractivity contribution in [1.82, 2.24) is 5.32 Å². The maximum atomic E-state index is 12.3. The first-order valence-electron chi connectivity index (χ1n) is 2.59. The Kier molecular flexibility index (Phi) is 3.52. The molecule has 2 atom stereocenters. The highest BCUT2D eigenvalue weighted by atomic mass is 35.5. The molecule has 1 aliphatic rings. The molecule has 1 N–H and O–H groups in total. The first kappa shape index (κ1) is 8.67. The third-order valence-corrected chi connectivity index (χ3v) is 1.31. The summed E-state index contributed by atoms with van der Waals surface area (Å²) in [4.78, 5) is 0. The fraction of sp³-hybridized carbons (Fsp3) is 0.800. The Morgan fingerprint density at radius 2 is 2.22 bits per heavy atom. The Morgan fingerprint density at radius 3 is 2.44 bits per heavy atom. The second-order valence-corrected chi connectivity index (χ2v) is 1.91. The molecule has 0 saturated carbocycles. The number of nitrogens with one attached hydrogen (secondary N) is 1. The lowest BCUT2D eigenvalue weighted by molar-refractivity contribution is 0.322. The molecule has 1 aliphatic heterocycles. The van der Waals surface area contributed by atoms with Gasteiger partial charge >= 0.3 is 0 Å². The normalized spacial score (nSPS) is 32.9. The Morgan fingerprint density at radius 1 is 1.56 bits per heavy atom. The fourth-order valence-corrected chi connectivity index (χ4v) is 0.773. The molecule has 1 fully saturated rings. The summed E-state index contributed by atoms with van der Waals surface area (Å²) in [7, 11) is 0. The van der Waals surface area contributed by atoms with Gasteiger partial charge in [-0.25, -0.2) is 4.39 Å². The van der Waals surface area contributed by atoms with Crippen molar-refractivity contribution in [3.63, 3.8) is 0 Å². The van der Waals surface area contributed by atoms with Gasteiger partial charge < -0.3 is 5.32 Å². The van der Waals surface area contributed by atoms with E-state index in [1.54, 1.807) is 0 Å². The van der Waals surface area contributed by atoms with Gasteiger partial charge in [-0.3, -0.25) is 0 Å². The number of nitriles is 1. The third-order valence-electron chi connectivity index (χ3n) is 1.31. The third kappa shape index (κ3) is 1.81. The van der Waals surface area contributed by atoms with Crippen molar-refractivity contribution in [1.29, 1.82) is 5.26 Å². The smallest absolute Gasteiger partial charge is 0.129 e. The van der Waals surface area contributed by atoms with Crippen LogP contribution in [0.1, 0.15) is 0 Å². The molecule has 0 radical (unpaired) electrons. The van der Waals surface area contributed by atoms with Crippen LogP contribution in [0.3, 0.4) is 0 Å². The van der Waals surface area contributed by atoms with E-state index in [4.69, 9.17) is 5.26 Å². The second kappa shape index (κ2) is 3.65. The molecule has 4 heteroatoms. The molecule has 0 unspecified atom stereocenters. The lowest BCUT2D eigenvalue weighted by Crippen LogP contribution is -2.09. The molecular weight excluding hydrogens is 143 g/mol. The number of nitrogens with zero attached hydrogens (tertiary/aromatic N) is 1. The van der Waals surface area contributed by atoms with E-state index < -0.39 is 12.1 Å². The van der Waals surface area contributed by atoms with E-state index in [1.165, 1.54) is 0 Å². The summed E-state index contributed by atoms with van der Waals surface area (Å²) < 4.78 is 12.3. The van der Waals surface area contributed by atoms with Crippen LogP contribution in [-0.2, 0) is 0 Å². The molecular formula is C5H8ClFN2. The number of rotatable bonds is 0. The molecule has 1 heterocycles. The van der Waals surface area contributed by atoms with Gasteiger partial charge in [-0.15, -0.1) is 12.4 Å². The molecule has 0 aliphatic carbocycles.